The summed E-state index contributed by atoms with van der Waals surface area (Å²) in [5.41, 5.74) is 0.482. The number of allylic oxidation sites excluding steroid dienone is 1. The molecule has 0 atom stereocenters. The number of anilines is 1. The minimum absolute atomic E-state index is 0.105. The summed E-state index contributed by atoms with van der Waals surface area (Å²) in [7, 11) is 1.39. The first-order valence-corrected chi connectivity index (χ1v) is 7.29. The lowest BCUT2D eigenvalue weighted by molar-refractivity contribution is 0.104. The van der Waals surface area contributed by atoms with Gasteiger partial charge in [-0.2, -0.15) is 0 Å². The van der Waals surface area contributed by atoms with Crippen LogP contribution in [0.15, 0.2) is 23.6 Å². The zero-order valence-electron chi connectivity index (χ0n) is 13.7. The summed E-state index contributed by atoms with van der Waals surface area (Å²) in [6, 6.07) is 1.24. The molecule has 1 aromatic carbocycles. The van der Waals surface area contributed by atoms with Crippen LogP contribution >= 0.6 is 11.6 Å². The molecule has 1 rings (SSSR count). The Morgan fingerprint density at radius 2 is 1.96 bits per heavy atom. The lowest BCUT2D eigenvalue weighted by Crippen LogP contribution is -2.29. The topological polar surface area (TPSA) is 85.9 Å². The summed E-state index contributed by atoms with van der Waals surface area (Å²) in [5, 5.41) is 4.54. The highest BCUT2D eigenvalue weighted by Gasteiger charge is 2.16. The molecule has 24 heavy (non-hydrogen) atoms. The number of carbonyl (C=O) groups excluding carboxylic acids is 2. The maximum absolute atomic E-state index is 13.9. The highest BCUT2D eigenvalue weighted by atomic mass is 35.5. The first-order chi connectivity index (χ1) is 11.3. The normalized spacial score (nSPS) is 9.75. The molecule has 0 radical (unpaired) electrons. The van der Waals surface area contributed by atoms with Gasteiger partial charge in [0.1, 0.15) is 5.82 Å². The van der Waals surface area contributed by atoms with Gasteiger partial charge in [-0.3, -0.25) is 5.32 Å². The Kier molecular flexibility index (Phi) is 7.31. The van der Waals surface area contributed by atoms with Crippen molar-refractivity contribution in [1.82, 2.24) is 5.32 Å². The third-order valence-electron chi connectivity index (χ3n) is 2.61. The van der Waals surface area contributed by atoms with Crippen LogP contribution in [-0.4, -0.2) is 25.9 Å². The quantitative estimate of drug-likeness (QED) is 0.470. The molecule has 0 aliphatic rings. The molecule has 0 bridgehead atoms. The molecule has 2 N–H and O–H groups in total. The van der Waals surface area contributed by atoms with E-state index >= 15 is 0 Å². The fraction of sp³-hybridized carbons (Fsp3) is 0.333. The van der Waals surface area contributed by atoms with Crippen molar-refractivity contribution in [2.75, 3.05) is 19.0 Å². The molecule has 7 nitrogen and oxygen atoms in total. The van der Waals surface area contributed by atoms with Gasteiger partial charge in [0.15, 0.2) is 11.6 Å². The van der Waals surface area contributed by atoms with E-state index in [1.807, 2.05) is 0 Å². The van der Waals surface area contributed by atoms with E-state index < -0.39 is 18.0 Å². The van der Waals surface area contributed by atoms with E-state index in [0.29, 0.717) is 0 Å². The van der Waals surface area contributed by atoms with Crippen LogP contribution in [0.1, 0.15) is 20.8 Å². The molecule has 0 saturated heterocycles. The summed E-state index contributed by atoms with van der Waals surface area (Å²) in [6.45, 7) is 5.16. The molecule has 0 saturated carbocycles. The molecule has 0 aliphatic heterocycles. The summed E-state index contributed by atoms with van der Waals surface area (Å²) < 4.78 is 28.3. The predicted molar refractivity (Wildman–Crippen MR) is 86.6 cm³/mol. The lowest BCUT2D eigenvalue weighted by atomic mass is 10.3. The van der Waals surface area contributed by atoms with Gasteiger partial charge in [0.05, 0.1) is 24.4 Å². The van der Waals surface area contributed by atoms with Crippen molar-refractivity contribution in [2.45, 2.75) is 20.8 Å². The van der Waals surface area contributed by atoms with Gasteiger partial charge >= 0.3 is 12.2 Å². The molecule has 0 aliphatic carbocycles. The molecular formula is C15H18ClFN2O5. The van der Waals surface area contributed by atoms with Crippen molar-refractivity contribution >= 4 is 29.5 Å². The van der Waals surface area contributed by atoms with E-state index in [-0.39, 0.29) is 28.9 Å². The minimum atomic E-state index is -0.993. The Labute approximate surface area is 143 Å². The fourth-order valence-electron chi connectivity index (χ4n) is 1.58. The van der Waals surface area contributed by atoms with Gasteiger partial charge in [0, 0.05) is 6.07 Å². The standard InChI is InChI=1S/C15H18ClFN2O5/c1-5-23-15(21)24-12-7-11(10(17)6-9(12)16)18-14(20)19-13(22-4)8(2)3/h6-7H,5H2,1-4H3,(H2,18,19,20). The fourth-order valence-corrected chi connectivity index (χ4v) is 1.77. The molecule has 9 heteroatoms. The number of benzene rings is 1. The maximum Gasteiger partial charge on any atom is 0.513 e. The number of ether oxygens (including phenoxy) is 3. The monoisotopic (exact) mass is 360 g/mol. The SMILES string of the molecule is CCOC(=O)Oc1cc(NC(=O)NC(OC)=C(C)C)c(F)cc1Cl. The van der Waals surface area contributed by atoms with Crippen LogP contribution in [0, 0.1) is 5.82 Å². The van der Waals surface area contributed by atoms with E-state index in [2.05, 4.69) is 15.4 Å². The average molecular weight is 361 g/mol. The second-order valence-corrected chi connectivity index (χ2v) is 5.07. The van der Waals surface area contributed by atoms with Crippen LogP contribution in [0.5, 0.6) is 5.75 Å². The van der Waals surface area contributed by atoms with Gasteiger partial charge in [-0.25, -0.2) is 14.0 Å². The van der Waals surface area contributed by atoms with Crippen LogP contribution in [0.25, 0.3) is 0 Å². The number of hydrogen-bond donors (Lipinski definition) is 2. The lowest BCUT2D eigenvalue weighted by Gasteiger charge is -2.13. The van der Waals surface area contributed by atoms with Crippen molar-refractivity contribution in [3.05, 3.63) is 34.4 Å². The Hall–Kier alpha value is -2.48. The summed E-state index contributed by atoms with van der Waals surface area (Å²) in [5.74, 6) is -0.728. The molecule has 0 fully saturated rings. The van der Waals surface area contributed by atoms with Crippen molar-refractivity contribution in [3.8, 4) is 5.75 Å². The number of methoxy groups -OCH3 is 1. The van der Waals surface area contributed by atoms with E-state index in [1.165, 1.54) is 7.11 Å². The zero-order chi connectivity index (χ0) is 18.3. The number of amides is 2. The van der Waals surface area contributed by atoms with Gasteiger partial charge in [-0.15, -0.1) is 0 Å². The number of urea groups is 1. The Morgan fingerprint density at radius 1 is 1.29 bits per heavy atom. The molecule has 0 aromatic heterocycles. The second-order valence-electron chi connectivity index (χ2n) is 4.66. The van der Waals surface area contributed by atoms with Gasteiger partial charge in [-0.1, -0.05) is 11.6 Å². The average Bonchev–Trinajstić information content (AvgIpc) is 2.49. The summed E-state index contributed by atoms with van der Waals surface area (Å²) in [4.78, 5) is 23.2. The van der Waals surface area contributed by atoms with Crippen molar-refractivity contribution < 1.29 is 28.2 Å². The first kappa shape index (κ1) is 19.6. The van der Waals surface area contributed by atoms with Crippen LogP contribution in [0.2, 0.25) is 5.02 Å². The Bertz CT molecular complexity index is 660. The third kappa shape index (κ3) is 5.62. The van der Waals surface area contributed by atoms with Gasteiger partial charge in [0.2, 0.25) is 0 Å². The highest BCUT2D eigenvalue weighted by Crippen LogP contribution is 2.30. The summed E-state index contributed by atoms with van der Waals surface area (Å²) >= 11 is 5.80. The van der Waals surface area contributed by atoms with E-state index in [4.69, 9.17) is 21.1 Å². The molecule has 0 spiro atoms. The van der Waals surface area contributed by atoms with Crippen molar-refractivity contribution in [2.24, 2.45) is 0 Å². The molecule has 2 amide bonds. The smallest absolute Gasteiger partial charge is 0.482 e. The number of nitrogens with one attached hydrogen (secondary N) is 2. The third-order valence-corrected chi connectivity index (χ3v) is 2.91. The number of hydrogen-bond acceptors (Lipinski definition) is 5. The van der Waals surface area contributed by atoms with E-state index in [0.717, 1.165) is 17.7 Å². The number of carbonyl (C=O) groups is 2. The van der Waals surface area contributed by atoms with Crippen LogP contribution < -0.4 is 15.4 Å². The number of rotatable bonds is 5. The first-order valence-electron chi connectivity index (χ1n) is 6.91. The Balaban J connectivity index is 2.93. The van der Waals surface area contributed by atoms with Gasteiger partial charge in [-0.05, 0) is 32.4 Å². The second kappa shape index (κ2) is 8.97. The number of halogens is 2. The molecule has 1 aromatic rings. The summed E-state index contributed by atoms with van der Waals surface area (Å²) in [6.07, 6.45) is -0.993. The van der Waals surface area contributed by atoms with E-state index in [1.54, 1.807) is 20.8 Å². The zero-order valence-corrected chi connectivity index (χ0v) is 14.4. The molecule has 132 valence electrons. The Morgan fingerprint density at radius 3 is 2.50 bits per heavy atom. The van der Waals surface area contributed by atoms with Gasteiger partial charge in [0.25, 0.3) is 0 Å². The van der Waals surface area contributed by atoms with Crippen LogP contribution in [0.4, 0.5) is 19.7 Å². The van der Waals surface area contributed by atoms with Crippen molar-refractivity contribution in [1.29, 1.82) is 0 Å². The van der Waals surface area contributed by atoms with E-state index in [9.17, 15) is 14.0 Å². The molecule has 0 unspecified atom stereocenters. The van der Waals surface area contributed by atoms with Crippen LogP contribution in [-0.2, 0) is 9.47 Å². The van der Waals surface area contributed by atoms with Crippen molar-refractivity contribution in [3.63, 3.8) is 0 Å². The maximum atomic E-state index is 13.9. The molecule has 0 heterocycles. The predicted octanol–water partition coefficient (Wildman–Crippen LogP) is 4.03. The minimum Gasteiger partial charge on any atom is -0.482 e. The van der Waals surface area contributed by atoms with Crippen LogP contribution in [0.3, 0.4) is 0 Å². The van der Waals surface area contributed by atoms with Gasteiger partial charge < -0.3 is 19.5 Å². The molecular weight excluding hydrogens is 343 g/mol. The highest BCUT2D eigenvalue weighted by molar-refractivity contribution is 6.32. The largest absolute Gasteiger partial charge is 0.513 e.